The first-order valence-corrected chi connectivity index (χ1v) is 9.65. The first-order chi connectivity index (χ1) is 12.6. The number of nitrogens with zero attached hydrogens (tertiary/aromatic N) is 4. The molecule has 1 unspecified atom stereocenters. The van der Waals surface area contributed by atoms with Crippen molar-refractivity contribution >= 4 is 5.91 Å². The van der Waals surface area contributed by atoms with Crippen LogP contribution in [0.5, 0.6) is 0 Å². The van der Waals surface area contributed by atoms with Gasteiger partial charge in [-0.15, -0.1) is 5.10 Å². The predicted molar refractivity (Wildman–Crippen MR) is 100 cm³/mol. The van der Waals surface area contributed by atoms with Gasteiger partial charge < -0.3 is 10.2 Å². The topological polar surface area (TPSA) is 63.1 Å². The van der Waals surface area contributed by atoms with E-state index in [0.717, 1.165) is 45.3 Å². The number of hydrogen-bond acceptors (Lipinski definition) is 4. The number of aromatic nitrogens is 3. The summed E-state index contributed by atoms with van der Waals surface area (Å²) in [5.74, 6) is 0.00795. The third-order valence-electron chi connectivity index (χ3n) is 5.93. The van der Waals surface area contributed by atoms with E-state index in [-0.39, 0.29) is 11.9 Å². The van der Waals surface area contributed by atoms with Gasteiger partial charge in [-0.3, -0.25) is 4.79 Å². The molecule has 0 bridgehead atoms. The van der Waals surface area contributed by atoms with Gasteiger partial charge in [-0.05, 0) is 69.3 Å². The Labute approximate surface area is 154 Å². The van der Waals surface area contributed by atoms with Crippen LogP contribution in [0.2, 0.25) is 0 Å². The van der Waals surface area contributed by atoms with Gasteiger partial charge in [-0.2, -0.15) is 0 Å². The van der Waals surface area contributed by atoms with Crippen LogP contribution < -0.4 is 5.32 Å². The summed E-state index contributed by atoms with van der Waals surface area (Å²) < 4.78 is 1.89. The van der Waals surface area contributed by atoms with E-state index in [1.54, 1.807) is 0 Å². The highest BCUT2D eigenvalue weighted by molar-refractivity contribution is 5.92. The lowest BCUT2D eigenvalue weighted by Crippen LogP contribution is -2.31. The molecule has 1 aromatic carbocycles. The molecule has 6 nitrogen and oxygen atoms in total. The molecule has 0 spiro atoms. The maximum absolute atomic E-state index is 13.1. The monoisotopic (exact) mass is 353 g/mol. The normalized spacial score (nSPS) is 21.3. The van der Waals surface area contributed by atoms with Gasteiger partial charge in [0.2, 0.25) is 0 Å². The standard InChI is InChI=1S/C20H27N5O/c1-14-5-3-6-17(15(14)2)19-7-4-12-24(19)20(26)18-13-25(23-22-18)16-8-10-21-11-9-16/h3,5-6,13,16,19,21H,4,7-12H2,1-2H3. The molecule has 3 heterocycles. The summed E-state index contributed by atoms with van der Waals surface area (Å²) in [6, 6.07) is 6.87. The van der Waals surface area contributed by atoms with Crippen LogP contribution in [0.25, 0.3) is 0 Å². The SMILES string of the molecule is Cc1cccc(C2CCCN2C(=O)c2cn(C3CCNCC3)nn2)c1C. The number of carbonyl (C=O) groups is 1. The molecule has 0 saturated carbocycles. The molecule has 2 saturated heterocycles. The fourth-order valence-electron chi connectivity index (χ4n) is 4.24. The zero-order chi connectivity index (χ0) is 18.1. The lowest BCUT2D eigenvalue weighted by atomic mass is 9.96. The number of likely N-dealkylation sites (tertiary alicyclic amines) is 1. The second kappa shape index (κ2) is 7.19. The molecule has 1 amide bonds. The highest BCUT2D eigenvalue weighted by Gasteiger charge is 2.33. The Balaban J connectivity index is 1.55. The minimum atomic E-state index is 0.00795. The summed E-state index contributed by atoms with van der Waals surface area (Å²) in [7, 11) is 0. The molecule has 2 aromatic rings. The largest absolute Gasteiger partial charge is 0.330 e. The van der Waals surface area contributed by atoms with Crippen molar-refractivity contribution in [3.8, 4) is 0 Å². The Hall–Kier alpha value is -2.21. The van der Waals surface area contributed by atoms with Crippen LogP contribution in [-0.4, -0.2) is 45.4 Å². The van der Waals surface area contributed by atoms with Crippen molar-refractivity contribution in [3.05, 3.63) is 46.8 Å². The van der Waals surface area contributed by atoms with Crippen molar-refractivity contribution in [2.45, 2.75) is 51.6 Å². The highest BCUT2D eigenvalue weighted by atomic mass is 16.2. The summed E-state index contributed by atoms with van der Waals surface area (Å²) in [6.07, 6.45) is 5.96. The van der Waals surface area contributed by atoms with Gasteiger partial charge in [0.05, 0.1) is 18.3 Å². The molecule has 2 fully saturated rings. The number of benzene rings is 1. The molecule has 138 valence electrons. The van der Waals surface area contributed by atoms with Gasteiger partial charge in [0, 0.05) is 6.54 Å². The molecule has 2 aliphatic rings. The van der Waals surface area contributed by atoms with Gasteiger partial charge in [0.1, 0.15) is 0 Å². The van der Waals surface area contributed by atoms with E-state index in [9.17, 15) is 4.79 Å². The van der Waals surface area contributed by atoms with Crippen molar-refractivity contribution in [1.82, 2.24) is 25.2 Å². The molecule has 0 radical (unpaired) electrons. The molecular formula is C20H27N5O. The van der Waals surface area contributed by atoms with Crippen LogP contribution in [0.1, 0.15) is 64.9 Å². The number of hydrogen-bond donors (Lipinski definition) is 1. The number of piperidine rings is 1. The van der Waals surface area contributed by atoms with Crippen molar-refractivity contribution < 1.29 is 4.79 Å². The van der Waals surface area contributed by atoms with Gasteiger partial charge >= 0.3 is 0 Å². The van der Waals surface area contributed by atoms with Crippen LogP contribution in [0.4, 0.5) is 0 Å². The Kier molecular flexibility index (Phi) is 4.76. The smallest absolute Gasteiger partial charge is 0.276 e. The predicted octanol–water partition coefficient (Wildman–Crippen LogP) is 2.80. The average molecular weight is 353 g/mol. The maximum atomic E-state index is 13.1. The number of amides is 1. The molecule has 0 aliphatic carbocycles. The molecule has 2 aliphatic heterocycles. The van der Waals surface area contributed by atoms with Crippen LogP contribution in [0.3, 0.4) is 0 Å². The number of aryl methyl sites for hydroxylation is 1. The molecule has 1 N–H and O–H groups in total. The molecule has 26 heavy (non-hydrogen) atoms. The number of rotatable bonds is 3. The second-order valence-electron chi connectivity index (χ2n) is 7.51. The zero-order valence-corrected chi connectivity index (χ0v) is 15.6. The third kappa shape index (κ3) is 3.14. The Morgan fingerprint density at radius 3 is 2.81 bits per heavy atom. The molecular weight excluding hydrogens is 326 g/mol. The third-order valence-corrected chi connectivity index (χ3v) is 5.93. The van der Waals surface area contributed by atoms with Gasteiger partial charge in [-0.25, -0.2) is 4.68 Å². The first kappa shape index (κ1) is 17.2. The lowest BCUT2D eigenvalue weighted by molar-refractivity contribution is 0.0729. The van der Waals surface area contributed by atoms with Crippen molar-refractivity contribution in [1.29, 1.82) is 0 Å². The minimum Gasteiger partial charge on any atom is -0.330 e. The summed E-state index contributed by atoms with van der Waals surface area (Å²) in [6.45, 7) is 7.06. The summed E-state index contributed by atoms with van der Waals surface area (Å²) in [5, 5.41) is 11.8. The van der Waals surface area contributed by atoms with Crippen LogP contribution in [0.15, 0.2) is 24.4 Å². The summed E-state index contributed by atoms with van der Waals surface area (Å²) in [5.41, 5.74) is 4.30. The number of carbonyl (C=O) groups excluding carboxylic acids is 1. The Bertz CT molecular complexity index is 793. The molecule has 4 rings (SSSR count). The van der Waals surface area contributed by atoms with E-state index in [1.165, 1.54) is 16.7 Å². The van der Waals surface area contributed by atoms with Crippen molar-refractivity contribution in [3.63, 3.8) is 0 Å². The summed E-state index contributed by atoms with van der Waals surface area (Å²) in [4.78, 5) is 15.1. The van der Waals surface area contributed by atoms with Crippen molar-refractivity contribution in [2.24, 2.45) is 0 Å². The van der Waals surface area contributed by atoms with E-state index in [4.69, 9.17) is 0 Å². The molecule has 1 aromatic heterocycles. The van der Waals surface area contributed by atoms with Crippen LogP contribution >= 0.6 is 0 Å². The molecule has 1 atom stereocenters. The van der Waals surface area contributed by atoms with E-state index in [1.807, 2.05) is 15.8 Å². The van der Waals surface area contributed by atoms with Crippen LogP contribution in [-0.2, 0) is 0 Å². The highest BCUT2D eigenvalue weighted by Crippen LogP contribution is 2.35. The van der Waals surface area contributed by atoms with E-state index in [0.29, 0.717) is 11.7 Å². The zero-order valence-electron chi connectivity index (χ0n) is 15.6. The van der Waals surface area contributed by atoms with Gasteiger partial charge in [-0.1, -0.05) is 23.4 Å². The average Bonchev–Trinajstić information content (AvgIpc) is 3.34. The number of nitrogens with one attached hydrogen (secondary N) is 1. The lowest BCUT2D eigenvalue weighted by Gasteiger charge is -2.26. The quantitative estimate of drug-likeness (QED) is 0.922. The summed E-state index contributed by atoms with van der Waals surface area (Å²) >= 11 is 0. The molecule has 6 heteroatoms. The maximum Gasteiger partial charge on any atom is 0.276 e. The van der Waals surface area contributed by atoms with Crippen molar-refractivity contribution in [2.75, 3.05) is 19.6 Å². The second-order valence-corrected chi connectivity index (χ2v) is 7.51. The van der Waals surface area contributed by atoms with E-state index < -0.39 is 0 Å². The van der Waals surface area contributed by atoms with E-state index in [2.05, 4.69) is 47.7 Å². The minimum absolute atomic E-state index is 0.00795. The van der Waals surface area contributed by atoms with Gasteiger partial charge in [0.15, 0.2) is 5.69 Å². The fraction of sp³-hybridized carbons (Fsp3) is 0.550. The Morgan fingerprint density at radius 2 is 2.00 bits per heavy atom. The van der Waals surface area contributed by atoms with E-state index >= 15 is 0 Å². The van der Waals surface area contributed by atoms with Crippen LogP contribution in [0, 0.1) is 13.8 Å². The van der Waals surface area contributed by atoms with Gasteiger partial charge in [0.25, 0.3) is 5.91 Å². The fourth-order valence-corrected chi connectivity index (χ4v) is 4.24. The first-order valence-electron chi connectivity index (χ1n) is 9.65. The Morgan fingerprint density at radius 1 is 1.19 bits per heavy atom.